The normalized spacial score (nSPS) is 26.1. The van der Waals surface area contributed by atoms with Crippen LogP contribution in [0, 0.1) is 0 Å². The van der Waals surface area contributed by atoms with Crippen molar-refractivity contribution in [2.75, 3.05) is 25.0 Å². The summed E-state index contributed by atoms with van der Waals surface area (Å²) in [5.74, 6) is 0. The lowest BCUT2D eigenvalue weighted by atomic mass is 10.2. The van der Waals surface area contributed by atoms with Gasteiger partial charge in [-0.1, -0.05) is 0 Å². The fraction of sp³-hybridized carbons (Fsp3) is 0.727. The number of ether oxygens (including phenoxy) is 1. The molecular formula is C11H19N3O2. The quantitative estimate of drug-likeness (QED) is 0.832. The summed E-state index contributed by atoms with van der Waals surface area (Å²) in [4.78, 5) is 6.57. The minimum atomic E-state index is 0.225. The number of nitrogens with zero attached hydrogens (tertiary/aromatic N) is 2. The van der Waals surface area contributed by atoms with E-state index in [1.807, 2.05) is 7.05 Å². The van der Waals surface area contributed by atoms with Crippen molar-refractivity contribution >= 4 is 6.01 Å². The maximum atomic E-state index is 5.67. The van der Waals surface area contributed by atoms with E-state index in [0.717, 1.165) is 25.3 Å². The Morgan fingerprint density at radius 2 is 2.12 bits per heavy atom. The van der Waals surface area contributed by atoms with Gasteiger partial charge in [0, 0.05) is 19.6 Å². The molecule has 1 aromatic rings. The molecule has 1 aromatic heterocycles. The van der Waals surface area contributed by atoms with Crippen LogP contribution in [0.15, 0.2) is 10.7 Å². The van der Waals surface area contributed by atoms with Crippen LogP contribution < -0.4 is 10.2 Å². The van der Waals surface area contributed by atoms with Crippen LogP contribution in [0.1, 0.15) is 19.5 Å². The molecule has 1 aliphatic rings. The number of morpholine rings is 1. The topological polar surface area (TPSA) is 50.5 Å². The smallest absolute Gasteiger partial charge is 0.297 e. The highest BCUT2D eigenvalue weighted by Crippen LogP contribution is 2.19. The molecule has 0 amide bonds. The summed E-state index contributed by atoms with van der Waals surface area (Å²) < 4.78 is 11.1. The van der Waals surface area contributed by atoms with Gasteiger partial charge in [0.15, 0.2) is 0 Å². The average molecular weight is 225 g/mol. The zero-order chi connectivity index (χ0) is 11.5. The van der Waals surface area contributed by atoms with Crippen LogP contribution >= 0.6 is 0 Å². The van der Waals surface area contributed by atoms with Crippen LogP contribution in [0.3, 0.4) is 0 Å². The molecule has 16 heavy (non-hydrogen) atoms. The molecule has 1 aliphatic heterocycles. The Hall–Kier alpha value is -1.07. The summed E-state index contributed by atoms with van der Waals surface area (Å²) in [5, 5.41) is 3.05. The number of rotatable bonds is 3. The number of hydrogen-bond acceptors (Lipinski definition) is 5. The van der Waals surface area contributed by atoms with Crippen LogP contribution in [0.2, 0.25) is 0 Å². The second-order valence-corrected chi connectivity index (χ2v) is 4.31. The van der Waals surface area contributed by atoms with E-state index >= 15 is 0 Å². The predicted octanol–water partition coefficient (Wildman–Crippen LogP) is 1.01. The van der Waals surface area contributed by atoms with Gasteiger partial charge in [0.05, 0.1) is 17.9 Å². The molecule has 1 N–H and O–H groups in total. The molecule has 0 unspecified atom stereocenters. The third kappa shape index (κ3) is 2.54. The standard InChI is InChI=1S/C11H19N3O2/c1-8-5-14(6-9(2)16-8)11-13-10(4-12-3)7-15-11/h7-9,12H,4-6H2,1-3H3/t8-,9+. The zero-order valence-electron chi connectivity index (χ0n) is 10.1. The van der Waals surface area contributed by atoms with E-state index < -0.39 is 0 Å². The molecular weight excluding hydrogens is 206 g/mol. The highest BCUT2D eigenvalue weighted by molar-refractivity contribution is 5.28. The molecule has 90 valence electrons. The minimum Gasteiger partial charge on any atom is -0.432 e. The second kappa shape index (κ2) is 4.84. The second-order valence-electron chi connectivity index (χ2n) is 4.31. The van der Waals surface area contributed by atoms with Crippen molar-refractivity contribution in [2.24, 2.45) is 0 Å². The highest BCUT2D eigenvalue weighted by Gasteiger charge is 2.25. The molecule has 1 fully saturated rings. The van der Waals surface area contributed by atoms with Gasteiger partial charge in [-0.25, -0.2) is 0 Å². The maximum absolute atomic E-state index is 5.67. The van der Waals surface area contributed by atoms with Crippen LogP contribution in [0.5, 0.6) is 0 Å². The first kappa shape index (κ1) is 11.4. The van der Waals surface area contributed by atoms with Crippen molar-refractivity contribution in [3.05, 3.63) is 12.0 Å². The minimum absolute atomic E-state index is 0.225. The summed E-state index contributed by atoms with van der Waals surface area (Å²) in [5.41, 5.74) is 0.935. The van der Waals surface area contributed by atoms with Gasteiger partial charge in [0.2, 0.25) is 0 Å². The molecule has 2 heterocycles. The number of oxazole rings is 1. The van der Waals surface area contributed by atoms with Gasteiger partial charge in [-0.3, -0.25) is 0 Å². The first-order chi connectivity index (χ1) is 7.69. The van der Waals surface area contributed by atoms with Gasteiger partial charge in [-0.2, -0.15) is 4.98 Å². The summed E-state index contributed by atoms with van der Waals surface area (Å²) in [7, 11) is 1.90. The highest BCUT2D eigenvalue weighted by atomic mass is 16.5. The fourth-order valence-corrected chi connectivity index (χ4v) is 2.04. The largest absolute Gasteiger partial charge is 0.432 e. The molecule has 2 atom stereocenters. The van der Waals surface area contributed by atoms with E-state index in [9.17, 15) is 0 Å². The number of aromatic nitrogens is 1. The maximum Gasteiger partial charge on any atom is 0.297 e. The molecule has 0 bridgehead atoms. The fourth-order valence-electron chi connectivity index (χ4n) is 2.04. The number of hydrogen-bond donors (Lipinski definition) is 1. The zero-order valence-corrected chi connectivity index (χ0v) is 10.1. The molecule has 0 saturated carbocycles. The van der Waals surface area contributed by atoms with Crippen molar-refractivity contribution in [3.63, 3.8) is 0 Å². The Morgan fingerprint density at radius 1 is 1.44 bits per heavy atom. The van der Waals surface area contributed by atoms with Crippen LogP contribution in [-0.2, 0) is 11.3 Å². The number of anilines is 1. The Labute approximate surface area is 95.8 Å². The SMILES string of the molecule is CNCc1coc(N2C[C@@H](C)O[C@@H](C)C2)n1. The molecule has 2 rings (SSSR count). The molecule has 5 heteroatoms. The van der Waals surface area contributed by atoms with E-state index in [1.165, 1.54) is 0 Å². The van der Waals surface area contributed by atoms with Gasteiger partial charge in [-0.15, -0.1) is 0 Å². The third-order valence-corrected chi connectivity index (χ3v) is 2.59. The lowest BCUT2D eigenvalue weighted by Gasteiger charge is -2.34. The van der Waals surface area contributed by atoms with E-state index in [4.69, 9.17) is 9.15 Å². The molecule has 0 radical (unpaired) electrons. The first-order valence-electron chi connectivity index (χ1n) is 5.68. The van der Waals surface area contributed by atoms with Crippen molar-refractivity contribution in [3.8, 4) is 0 Å². The van der Waals surface area contributed by atoms with Crippen molar-refractivity contribution in [1.82, 2.24) is 10.3 Å². The average Bonchev–Trinajstić information content (AvgIpc) is 2.65. The third-order valence-electron chi connectivity index (χ3n) is 2.59. The molecule has 0 aromatic carbocycles. The summed E-state index contributed by atoms with van der Waals surface area (Å²) in [6, 6.07) is 0.701. The van der Waals surface area contributed by atoms with Gasteiger partial charge in [0.25, 0.3) is 6.01 Å². The summed E-state index contributed by atoms with van der Waals surface area (Å²) in [6.07, 6.45) is 2.16. The van der Waals surface area contributed by atoms with E-state index in [0.29, 0.717) is 6.01 Å². The molecule has 5 nitrogen and oxygen atoms in total. The van der Waals surface area contributed by atoms with Gasteiger partial charge in [-0.05, 0) is 20.9 Å². The summed E-state index contributed by atoms with van der Waals surface area (Å²) in [6.45, 7) is 6.55. The Kier molecular flexibility index (Phi) is 3.46. The van der Waals surface area contributed by atoms with E-state index in [2.05, 4.69) is 29.0 Å². The van der Waals surface area contributed by atoms with E-state index in [1.54, 1.807) is 6.26 Å². The molecule has 0 aliphatic carbocycles. The Bertz CT molecular complexity index is 330. The van der Waals surface area contributed by atoms with Crippen molar-refractivity contribution < 1.29 is 9.15 Å². The van der Waals surface area contributed by atoms with Gasteiger partial charge < -0.3 is 19.4 Å². The van der Waals surface area contributed by atoms with E-state index in [-0.39, 0.29) is 12.2 Å². The van der Waals surface area contributed by atoms with Crippen LogP contribution in [0.25, 0.3) is 0 Å². The predicted molar refractivity (Wildman–Crippen MR) is 61.5 cm³/mol. The first-order valence-corrected chi connectivity index (χ1v) is 5.68. The van der Waals surface area contributed by atoms with Crippen molar-refractivity contribution in [1.29, 1.82) is 0 Å². The monoisotopic (exact) mass is 225 g/mol. The lowest BCUT2D eigenvalue weighted by molar-refractivity contribution is -0.00670. The summed E-state index contributed by atoms with van der Waals surface area (Å²) >= 11 is 0. The molecule has 0 spiro atoms. The van der Waals surface area contributed by atoms with Crippen LogP contribution in [-0.4, -0.2) is 37.3 Å². The Morgan fingerprint density at radius 3 is 2.75 bits per heavy atom. The van der Waals surface area contributed by atoms with Gasteiger partial charge in [0.1, 0.15) is 6.26 Å². The van der Waals surface area contributed by atoms with Gasteiger partial charge >= 0.3 is 0 Å². The molecule has 1 saturated heterocycles. The Balaban J connectivity index is 2.04. The number of nitrogens with one attached hydrogen (secondary N) is 1. The lowest BCUT2D eigenvalue weighted by Crippen LogP contribution is -2.45. The van der Waals surface area contributed by atoms with Crippen molar-refractivity contribution in [2.45, 2.75) is 32.6 Å². The van der Waals surface area contributed by atoms with Crippen LogP contribution in [0.4, 0.5) is 6.01 Å².